The summed E-state index contributed by atoms with van der Waals surface area (Å²) in [6, 6.07) is 12.0. The van der Waals surface area contributed by atoms with Gasteiger partial charge < -0.3 is 15.7 Å². The van der Waals surface area contributed by atoms with Crippen LogP contribution in [-0.2, 0) is 13.0 Å². The smallest absolute Gasteiger partial charge is 0.191 e. The van der Waals surface area contributed by atoms with E-state index in [-0.39, 0.29) is 29.7 Å². The second kappa shape index (κ2) is 10.4. The highest BCUT2D eigenvalue weighted by molar-refractivity contribution is 14.0. The van der Waals surface area contributed by atoms with Crippen LogP contribution in [-0.4, -0.2) is 24.7 Å². The summed E-state index contributed by atoms with van der Waals surface area (Å²) in [5.74, 6) is -0.346. The van der Waals surface area contributed by atoms with Crippen molar-refractivity contribution >= 4 is 41.5 Å². The minimum atomic E-state index is -0.630. The van der Waals surface area contributed by atoms with Crippen molar-refractivity contribution in [1.29, 1.82) is 0 Å². The third-order valence-corrected chi connectivity index (χ3v) is 3.57. The Bertz CT molecular complexity index is 680. The van der Waals surface area contributed by atoms with Gasteiger partial charge in [0.1, 0.15) is 0 Å². The molecular formula is C17H20ClFIN3O. The van der Waals surface area contributed by atoms with E-state index in [0.29, 0.717) is 19.0 Å². The molecule has 0 saturated heterocycles. The van der Waals surface area contributed by atoms with Crippen molar-refractivity contribution in [2.45, 2.75) is 13.0 Å². The molecule has 130 valence electrons. The molecule has 0 radical (unpaired) electrons. The molecule has 0 atom stereocenters. The molecule has 0 aromatic heterocycles. The van der Waals surface area contributed by atoms with Gasteiger partial charge in [0.2, 0.25) is 0 Å². The fourth-order valence-electron chi connectivity index (χ4n) is 2.04. The van der Waals surface area contributed by atoms with Crippen molar-refractivity contribution in [3.8, 4) is 5.75 Å². The Hall–Kier alpha value is -1.54. The van der Waals surface area contributed by atoms with Crippen LogP contribution in [0.25, 0.3) is 0 Å². The normalized spacial score (nSPS) is 10.9. The van der Waals surface area contributed by atoms with Gasteiger partial charge in [-0.2, -0.15) is 0 Å². The van der Waals surface area contributed by atoms with Crippen molar-refractivity contribution in [3.05, 3.63) is 64.4 Å². The molecule has 7 heteroatoms. The maximum Gasteiger partial charge on any atom is 0.191 e. The molecule has 0 saturated carbocycles. The first-order chi connectivity index (χ1) is 11.1. The van der Waals surface area contributed by atoms with Crippen molar-refractivity contribution in [2.24, 2.45) is 4.99 Å². The van der Waals surface area contributed by atoms with E-state index >= 15 is 0 Å². The Morgan fingerprint density at radius 1 is 1.12 bits per heavy atom. The fourth-order valence-corrected chi connectivity index (χ4v) is 2.17. The maximum atomic E-state index is 13.3. The summed E-state index contributed by atoms with van der Waals surface area (Å²) < 4.78 is 13.3. The quantitative estimate of drug-likeness (QED) is 0.360. The summed E-state index contributed by atoms with van der Waals surface area (Å²) in [4.78, 5) is 4.12. The Labute approximate surface area is 163 Å². The summed E-state index contributed by atoms with van der Waals surface area (Å²) in [7, 11) is 1.68. The molecule has 0 aliphatic carbocycles. The molecule has 2 rings (SSSR count). The van der Waals surface area contributed by atoms with Crippen LogP contribution < -0.4 is 10.6 Å². The zero-order valence-electron chi connectivity index (χ0n) is 13.2. The minimum Gasteiger partial charge on any atom is -0.505 e. The van der Waals surface area contributed by atoms with E-state index in [4.69, 9.17) is 16.7 Å². The van der Waals surface area contributed by atoms with Crippen molar-refractivity contribution < 1.29 is 9.50 Å². The van der Waals surface area contributed by atoms with Gasteiger partial charge in [0.15, 0.2) is 17.5 Å². The standard InChI is InChI=1S/C17H19ClFN3O.HI/c1-20-17(21-9-8-12-2-5-14(18)6-3-12)22-11-13-4-7-16(23)15(19)10-13;/h2-7,10,23H,8-9,11H2,1H3,(H2,20,21,22);1H. The lowest BCUT2D eigenvalue weighted by atomic mass is 10.1. The number of hydrogen-bond donors (Lipinski definition) is 3. The predicted octanol–water partition coefficient (Wildman–Crippen LogP) is 3.71. The van der Waals surface area contributed by atoms with E-state index in [2.05, 4.69) is 15.6 Å². The third kappa shape index (κ3) is 6.52. The molecule has 4 nitrogen and oxygen atoms in total. The summed E-state index contributed by atoms with van der Waals surface area (Å²) >= 11 is 5.85. The van der Waals surface area contributed by atoms with Gasteiger partial charge in [-0.1, -0.05) is 29.8 Å². The fraction of sp³-hybridized carbons (Fsp3) is 0.235. The molecule has 0 heterocycles. The summed E-state index contributed by atoms with van der Waals surface area (Å²) in [6.07, 6.45) is 0.839. The number of nitrogens with one attached hydrogen (secondary N) is 2. The van der Waals surface area contributed by atoms with E-state index in [9.17, 15) is 4.39 Å². The molecular weight excluding hydrogens is 444 g/mol. The molecule has 3 N–H and O–H groups in total. The third-order valence-electron chi connectivity index (χ3n) is 3.32. The lowest BCUT2D eigenvalue weighted by molar-refractivity contribution is 0.431. The van der Waals surface area contributed by atoms with E-state index in [1.54, 1.807) is 13.1 Å². The lowest BCUT2D eigenvalue weighted by Crippen LogP contribution is -2.37. The zero-order valence-corrected chi connectivity index (χ0v) is 16.3. The number of halogens is 3. The van der Waals surface area contributed by atoms with Crippen LogP contribution in [0.5, 0.6) is 5.75 Å². The van der Waals surface area contributed by atoms with E-state index in [1.165, 1.54) is 17.7 Å². The second-order valence-corrected chi connectivity index (χ2v) is 5.45. The molecule has 24 heavy (non-hydrogen) atoms. The zero-order chi connectivity index (χ0) is 16.7. The molecule has 0 fully saturated rings. The van der Waals surface area contributed by atoms with Crippen molar-refractivity contribution in [1.82, 2.24) is 10.6 Å². The number of aromatic hydroxyl groups is 1. The Kier molecular flexibility index (Phi) is 8.84. The highest BCUT2D eigenvalue weighted by Gasteiger charge is 2.03. The number of nitrogens with zero attached hydrogens (tertiary/aromatic N) is 1. The molecule has 2 aromatic carbocycles. The average molecular weight is 464 g/mol. The van der Waals surface area contributed by atoms with Crippen molar-refractivity contribution in [3.63, 3.8) is 0 Å². The largest absolute Gasteiger partial charge is 0.505 e. The van der Waals surface area contributed by atoms with E-state index in [0.717, 1.165) is 17.0 Å². The summed E-state index contributed by atoms with van der Waals surface area (Å²) in [5, 5.41) is 16.2. The topological polar surface area (TPSA) is 56.7 Å². The predicted molar refractivity (Wildman–Crippen MR) is 107 cm³/mol. The van der Waals surface area contributed by atoms with Crippen LogP contribution in [0.4, 0.5) is 4.39 Å². The van der Waals surface area contributed by atoms with Crippen LogP contribution in [0.3, 0.4) is 0 Å². The first-order valence-electron chi connectivity index (χ1n) is 7.25. The SMILES string of the molecule is CN=C(NCCc1ccc(Cl)cc1)NCc1ccc(O)c(F)c1.I. The minimum absolute atomic E-state index is 0. The molecule has 0 aliphatic heterocycles. The van der Waals surface area contributed by atoms with Crippen molar-refractivity contribution in [2.75, 3.05) is 13.6 Å². The first-order valence-corrected chi connectivity index (χ1v) is 7.62. The van der Waals surface area contributed by atoms with Gasteiger partial charge in [-0.15, -0.1) is 24.0 Å². The number of aliphatic imine (C=N–C) groups is 1. The van der Waals surface area contributed by atoms with Gasteiger partial charge >= 0.3 is 0 Å². The van der Waals surface area contributed by atoms with Crippen LogP contribution in [0, 0.1) is 5.82 Å². The Morgan fingerprint density at radius 3 is 2.42 bits per heavy atom. The number of guanidine groups is 1. The number of rotatable bonds is 5. The first kappa shape index (κ1) is 20.5. The lowest BCUT2D eigenvalue weighted by Gasteiger charge is -2.12. The van der Waals surface area contributed by atoms with E-state index in [1.807, 2.05) is 24.3 Å². The van der Waals surface area contributed by atoms with Crippen LogP contribution in [0.2, 0.25) is 5.02 Å². The maximum absolute atomic E-state index is 13.3. The molecule has 0 unspecified atom stereocenters. The van der Waals surface area contributed by atoms with Gasteiger partial charge in [0, 0.05) is 25.2 Å². The van der Waals surface area contributed by atoms with Crippen LogP contribution in [0.15, 0.2) is 47.5 Å². The average Bonchev–Trinajstić information content (AvgIpc) is 2.55. The number of hydrogen-bond acceptors (Lipinski definition) is 2. The number of benzene rings is 2. The summed E-state index contributed by atoms with van der Waals surface area (Å²) in [5.41, 5.74) is 1.90. The molecule has 0 spiro atoms. The van der Waals surface area contributed by atoms with Gasteiger partial charge in [0.25, 0.3) is 0 Å². The highest BCUT2D eigenvalue weighted by atomic mass is 127. The number of phenolic OH excluding ortho intramolecular Hbond substituents is 1. The summed E-state index contributed by atoms with van der Waals surface area (Å²) in [6.45, 7) is 1.13. The number of phenols is 1. The Balaban J connectivity index is 0.00000288. The highest BCUT2D eigenvalue weighted by Crippen LogP contribution is 2.15. The van der Waals surface area contributed by atoms with Crippen LogP contribution >= 0.6 is 35.6 Å². The van der Waals surface area contributed by atoms with Gasteiger partial charge in [-0.05, 0) is 41.8 Å². The monoisotopic (exact) mass is 463 g/mol. The Morgan fingerprint density at radius 2 is 1.79 bits per heavy atom. The molecule has 2 aromatic rings. The molecule has 0 amide bonds. The molecule has 0 bridgehead atoms. The second-order valence-electron chi connectivity index (χ2n) is 5.01. The molecule has 0 aliphatic rings. The van der Waals surface area contributed by atoms with E-state index < -0.39 is 5.82 Å². The van der Waals surface area contributed by atoms with Gasteiger partial charge in [0.05, 0.1) is 0 Å². The van der Waals surface area contributed by atoms with Gasteiger partial charge in [-0.3, -0.25) is 4.99 Å². The van der Waals surface area contributed by atoms with Gasteiger partial charge in [-0.25, -0.2) is 4.39 Å². The van der Waals surface area contributed by atoms with Crippen LogP contribution in [0.1, 0.15) is 11.1 Å².